The average molecular weight is 396 g/mol. The van der Waals surface area contributed by atoms with Gasteiger partial charge in [0, 0.05) is 23.4 Å². The van der Waals surface area contributed by atoms with Crippen molar-refractivity contribution in [3.63, 3.8) is 0 Å². The molecule has 0 radical (unpaired) electrons. The summed E-state index contributed by atoms with van der Waals surface area (Å²) in [5.41, 5.74) is 11.8. The third-order valence-corrected chi connectivity index (χ3v) is 5.95. The summed E-state index contributed by atoms with van der Waals surface area (Å²) in [5.74, 6) is 1.33. The van der Waals surface area contributed by atoms with Crippen molar-refractivity contribution in [2.24, 2.45) is 0 Å². The highest BCUT2D eigenvalue weighted by atomic mass is 16.5. The number of nitrogens with zero attached hydrogens (tertiary/aromatic N) is 2. The minimum absolute atomic E-state index is 0.0405. The molecule has 0 atom stereocenters. The maximum Gasteiger partial charge on any atom is 0.143 e. The van der Waals surface area contributed by atoms with Gasteiger partial charge in [-0.1, -0.05) is 13.8 Å². The summed E-state index contributed by atoms with van der Waals surface area (Å²) in [7, 11) is 0. The van der Waals surface area contributed by atoms with Crippen molar-refractivity contribution in [2.45, 2.75) is 57.5 Å². The monoisotopic (exact) mass is 395 g/mol. The summed E-state index contributed by atoms with van der Waals surface area (Å²) >= 11 is 0. The van der Waals surface area contributed by atoms with Gasteiger partial charge >= 0.3 is 0 Å². The first-order valence-corrected chi connectivity index (χ1v) is 10.3. The van der Waals surface area contributed by atoms with E-state index in [4.69, 9.17) is 15.9 Å². The van der Waals surface area contributed by atoms with Gasteiger partial charge in [0.2, 0.25) is 0 Å². The first-order chi connectivity index (χ1) is 13.9. The van der Waals surface area contributed by atoms with Gasteiger partial charge in [0.1, 0.15) is 17.9 Å². The number of aliphatic hydroxyl groups is 1. The second-order valence-electron chi connectivity index (χ2n) is 8.58. The maximum absolute atomic E-state index is 9.41. The fraction of sp³-hybridized carbons (Fsp3) is 0.500. The van der Waals surface area contributed by atoms with E-state index in [9.17, 15) is 5.11 Å². The van der Waals surface area contributed by atoms with Crippen molar-refractivity contribution in [3.8, 4) is 17.0 Å². The molecule has 1 fully saturated rings. The van der Waals surface area contributed by atoms with Crippen molar-refractivity contribution >= 4 is 17.2 Å². The zero-order valence-corrected chi connectivity index (χ0v) is 17.1. The first kappa shape index (κ1) is 19.6. The van der Waals surface area contributed by atoms with E-state index in [0.717, 1.165) is 71.6 Å². The second kappa shape index (κ2) is 7.63. The molecule has 7 nitrogen and oxygen atoms in total. The van der Waals surface area contributed by atoms with Crippen molar-refractivity contribution in [1.82, 2.24) is 9.97 Å². The van der Waals surface area contributed by atoms with E-state index in [1.807, 2.05) is 6.07 Å². The predicted molar refractivity (Wildman–Crippen MR) is 115 cm³/mol. The molecule has 0 unspecified atom stereocenters. The summed E-state index contributed by atoms with van der Waals surface area (Å²) in [5, 5.41) is 20.6. The number of hydrogen-bond acceptors (Lipinski definition) is 7. The topological polar surface area (TPSA) is 117 Å². The zero-order chi connectivity index (χ0) is 20.6. The fourth-order valence-corrected chi connectivity index (χ4v) is 4.54. The van der Waals surface area contributed by atoms with Crippen LogP contribution in [0.3, 0.4) is 0 Å². The van der Waals surface area contributed by atoms with Crippen LogP contribution in [0, 0.1) is 5.41 Å². The highest BCUT2D eigenvalue weighted by molar-refractivity contribution is 5.83. The molecule has 5 N–H and O–H groups in total. The number of nitrogen functional groups attached to an aromatic ring is 1. The lowest BCUT2D eigenvalue weighted by molar-refractivity contribution is 0.179. The molecule has 154 valence electrons. The Bertz CT molecular complexity index is 931. The van der Waals surface area contributed by atoms with Gasteiger partial charge in [0.15, 0.2) is 0 Å². The van der Waals surface area contributed by atoms with Crippen LogP contribution in [0.15, 0.2) is 18.5 Å². The van der Waals surface area contributed by atoms with Crippen LogP contribution in [0.25, 0.3) is 11.3 Å². The molecule has 2 aliphatic carbocycles. The number of nitrogens with one attached hydrogen (secondary N) is 2. The van der Waals surface area contributed by atoms with Crippen LogP contribution in [-0.4, -0.2) is 40.0 Å². The summed E-state index contributed by atoms with van der Waals surface area (Å²) < 4.78 is 6.38. The molecule has 0 spiro atoms. The minimum atomic E-state index is -0.220. The lowest BCUT2D eigenvalue weighted by Crippen LogP contribution is -2.29. The third-order valence-electron chi connectivity index (χ3n) is 5.95. The SMILES string of the molecule is CC1(C)Cc2c(ccc(OC3CCC(=N)CC3)c2NCCO)-c2ncnc(N)c21. The van der Waals surface area contributed by atoms with Crippen LogP contribution in [0.2, 0.25) is 0 Å². The van der Waals surface area contributed by atoms with Gasteiger partial charge in [-0.15, -0.1) is 0 Å². The van der Waals surface area contributed by atoms with Crippen molar-refractivity contribution in [3.05, 3.63) is 29.6 Å². The fourth-order valence-electron chi connectivity index (χ4n) is 4.54. The van der Waals surface area contributed by atoms with E-state index >= 15 is 0 Å². The average Bonchev–Trinajstić information content (AvgIpc) is 2.68. The van der Waals surface area contributed by atoms with Crippen LogP contribution >= 0.6 is 0 Å². The van der Waals surface area contributed by atoms with Crippen LogP contribution in [0.4, 0.5) is 11.5 Å². The lowest BCUT2D eigenvalue weighted by Gasteiger charge is -2.35. The smallest absolute Gasteiger partial charge is 0.143 e. The van der Waals surface area contributed by atoms with Gasteiger partial charge in [-0.05, 0) is 55.2 Å². The highest BCUT2D eigenvalue weighted by Gasteiger charge is 2.36. The summed E-state index contributed by atoms with van der Waals surface area (Å²) in [4.78, 5) is 8.77. The number of aromatic nitrogens is 2. The van der Waals surface area contributed by atoms with E-state index in [1.165, 1.54) is 6.33 Å². The molecule has 0 aliphatic heterocycles. The second-order valence-corrected chi connectivity index (χ2v) is 8.58. The molecule has 0 saturated heterocycles. The molecule has 0 amide bonds. The van der Waals surface area contributed by atoms with E-state index in [2.05, 4.69) is 35.2 Å². The molecule has 4 rings (SSSR count). The minimum Gasteiger partial charge on any atom is -0.488 e. The third kappa shape index (κ3) is 3.67. The number of nitrogens with two attached hydrogens (primary N) is 1. The Hall–Kier alpha value is -2.67. The number of fused-ring (bicyclic) bond motifs is 3. The lowest BCUT2D eigenvalue weighted by atomic mass is 9.71. The Labute approximate surface area is 171 Å². The molecule has 2 aromatic rings. The molecular weight excluding hydrogens is 366 g/mol. The standard InChI is InChI=1S/C22H29N5O2/c1-22(2)11-16-15(20-18(22)21(24)27-12-26-20)7-8-17(19(16)25-9-10-28)29-14-5-3-13(23)4-6-14/h7-8,12,14,23,25,28H,3-6,9-11H2,1-2H3,(H2,24,26,27). The highest BCUT2D eigenvalue weighted by Crippen LogP contribution is 2.48. The van der Waals surface area contributed by atoms with Crippen LogP contribution < -0.4 is 15.8 Å². The predicted octanol–water partition coefficient (Wildman–Crippen LogP) is 3.30. The molecule has 29 heavy (non-hydrogen) atoms. The maximum atomic E-state index is 9.41. The van der Waals surface area contributed by atoms with Crippen molar-refractivity contribution < 1.29 is 9.84 Å². The molecular formula is C22H29N5O2. The van der Waals surface area contributed by atoms with Crippen LogP contribution in [0.1, 0.15) is 50.7 Å². The zero-order valence-electron chi connectivity index (χ0n) is 17.1. The molecule has 1 heterocycles. The van der Waals surface area contributed by atoms with Gasteiger partial charge in [0.25, 0.3) is 0 Å². The van der Waals surface area contributed by atoms with Gasteiger partial charge < -0.3 is 26.3 Å². The Kier molecular flexibility index (Phi) is 5.17. The summed E-state index contributed by atoms with van der Waals surface area (Å²) in [6.45, 7) is 4.80. The summed E-state index contributed by atoms with van der Waals surface area (Å²) in [6.07, 6.45) is 5.73. The molecule has 1 saturated carbocycles. The number of ether oxygens (including phenoxy) is 1. The number of anilines is 2. The van der Waals surface area contributed by atoms with Crippen molar-refractivity contribution in [2.75, 3.05) is 24.2 Å². The van der Waals surface area contributed by atoms with E-state index in [-0.39, 0.29) is 18.1 Å². The molecule has 1 aromatic carbocycles. The first-order valence-electron chi connectivity index (χ1n) is 10.3. The number of hydrogen-bond donors (Lipinski definition) is 4. The van der Waals surface area contributed by atoms with Crippen LogP contribution in [-0.2, 0) is 11.8 Å². The largest absolute Gasteiger partial charge is 0.488 e. The quantitative estimate of drug-likeness (QED) is 0.617. The Morgan fingerprint density at radius 1 is 1.28 bits per heavy atom. The number of rotatable bonds is 5. The van der Waals surface area contributed by atoms with Crippen LogP contribution in [0.5, 0.6) is 5.75 Å². The van der Waals surface area contributed by atoms with Gasteiger partial charge in [-0.2, -0.15) is 0 Å². The van der Waals surface area contributed by atoms with E-state index < -0.39 is 0 Å². The summed E-state index contributed by atoms with van der Waals surface area (Å²) in [6, 6.07) is 4.04. The van der Waals surface area contributed by atoms with Gasteiger partial charge in [-0.3, -0.25) is 0 Å². The van der Waals surface area contributed by atoms with Crippen molar-refractivity contribution in [1.29, 1.82) is 5.41 Å². The van der Waals surface area contributed by atoms with E-state index in [1.54, 1.807) is 0 Å². The number of benzene rings is 1. The molecule has 7 heteroatoms. The Morgan fingerprint density at radius 2 is 2.03 bits per heavy atom. The number of aliphatic hydroxyl groups excluding tert-OH is 1. The van der Waals surface area contributed by atoms with E-state index in [0.29, 0.717) is 12.4 Å². The molecule has 1 aromatic heterocycles. The van der Waals surface area contributed by atoms with Gasteiger partial charge in [-0.25, -0.2) is 9.97 Å². The Morgan fingerprint density at radius 3 is 2.76 bits per heavy atom. The molecule has 0 bridgehead atoms. The Balaban J connectivity index is 1.78. The molecule has 2 aliphatic rings. The van der Waals surface area contributed by atoms with Gasteiger partial charge in [0.05, 0.1) is 24.1 Å². The normalized spacial score (nSPS) is 20.0.